The highest BCUT2D eigenvalue weighted by molar-refractivity contribution is 6.32. The van der Waals surface area contributed by atoms with E-state index < -0.39 is 0 Å². The van der Waals surface area contributed by atoms with Gasteiger partial charge in [0, 0.05) is 5.69 Å². The lowest BCUT2D eigenvalue weighted by Crippen LogP contribution is -2.12. The number of hydrogen-bond acceptors (Lipinski definition) is 5. The molecule has 0 spiro atoms. The smallest absolute Gasteiger partial charge is 0.230 e. The molecule has 116 valence electrons. The van der Waals surface area contributed by atoms with Crippen LogP contribution in [0.1, 0.15) is 0 Å². The normalized spacial score (nSPS) is 10.4. The largest absolute Gasteiger partial charge is 0.324 e. The first-order chi connectivity index (χ1) is 11.2. The summed E-state index contributed by atoms with van der Waals surface area (Å²) in [5, 5.41) is 3.21. The Labute approximate surface area is 137 Å². The van der Waals surface area contributed by atoms with Gasteiger partial charge in [0.25, 0.3) is 0 Å². The summed E-state index contributed by atoms with van der Waals surface area (Å²) in [6.45, 7) is 0. The summed E-state index contributed by atoms with van der Waals surface area (Å²) in [7, 11) is 0. The zero-order valence-electron chi connectivity index (χ0n) is 11.9. The predicted molar refractivity (Wildman–Crippen MR) is 90.0 cm³/mol. The number of hydrogen-bond donors (Lipinski definition) is 3. The van der Waals surface area contributed by atoms with E-state index in [9.17, 15) is 4.39 Å². The van der Waals surface area contributed by atoms with Crippen molar-refractivity contribution >= 4 is 29.1 Å². The van der Waals surface area contributed by atoms with Crippen molar-refractivity contribution in [1.82, 2.24) is 9.97 Å². The van der Waals surface area contributed by atoms with Gasteiger partial charge in [-0.15, -0.1) is 0 Å². The Morgan fingerprint density at radius 3 is 2.30 bits per heavy atom. The van der Waals surface area contributed by atoms with Crippen LogP contribution in [0, 0.1) is 5.82 Å². The number of nitrogen functional groups attached to an aromatic ring is 1. The summed E-state index contributed by atoms with van der Waals surface area (Å²) in [4.78, 5) is 8.54. The lowest BCUT2D eigenvalue weighted by Gasteiger charge is -2.12. The Hall–Kier alpha value is -2.70. The monoisotopic (exact) mass is 329 g/mol. The molecule has 0 aliphatic rings. The fraction of sp³-hybridized carbons (Fsp3) is 0. The molecule has 0 radical (unpaired) electrons. The summed E-state index contributed by atoms with van der Waals surface area (Å²) in [6.07, 6.45) is 0. The molecular formula is C16H13ClFN5. The molecule has 0 amide bonds. The molecule has 3 rings (SSSR count). The average Bonchev–Trinajstić information content (AvgIpc) is 2.57. The topological polar surface area (TPSA) is 75.9 Å². The lowest BCUT2D eigenvalue weighted by molar-refractivity contribution is 0.628. The number of benzene rings is 2. The van der Waals surface area contributed by atoms with Crippen molar-refractivity contribution in [3.63, 3.8) is 0 Å². The predicted octanol–water partition coefficient (Wildman–Crippen LogP) is 3.97. The SMILES string of the molecule is NNc1nc(Nc2ccc(F)cc2)nc(Cl)c1-c1ccccc1. The van der Waals surface area contributed by atoms with E-state index in [0.29, 0.717) is 17.1 Å². The first-order valence-corrected chi connectivity index (χ1v) is 7.17. The van der Waals surface area contributed by atoms with Gasteiger partial charge in [0.15, 0.2) is 5.82 Å². The van der Waals surface area contributed by atoms with E-state index in [4.69, 9.17) is 17.4 Å². The zero-order valence-corrected chi connectivity index (χ0v) is 12.7. The lowest BCUT2D eigenvalue weighted by atomic mass is 10.1. The minimum atomic E-state index is -0.321. The Morgan fingerprint density at radius 2 is 1.65 bits per heavy atom. The third-order valence-electron chi connectivity index (χ3n) is 3.16. The van der Waals surface area contributed by atoms with Crippen molar-refractivity contribution in [1.29, 1.82) is 0 Å². The van der Waals surface area contributed by atoms with E-state index in [1.165, 1.54) is 12.1 Å². The first-order valence-electron chi connectivity index (χ1n) is 6.79. The summed E-state index contributed by atoms with van der Waals surface area (Å²) in [5.41, 5.74) is 4.63. The number of nitrogens with one attached hydrogen (secondary N) is 2. The van der Waals surface area contributed by atoms with E-state index in [1.54, 1.807) is 12.1 Å². The van der Waals surface area contributed by atoms with Crippen LogP contribution in [-0.2, 0) is 0 Å². The van der Waals surface area contributed by atoms with E-state index in [1.807, 2.05) is 30.3 Å². The van der Waals surface area contributed by atoms with Gasteiger partial charge in [0.05, 0.1) is 5.56 Å². The molecule has 1 heterocycles. The van der Waals surface area contributed by atoms with Gasteiger partial charge < -0.3 is 10.7 Å². The van der Waals surface area contributed by atoms with E-state index >= 15 is 0 Å². The maximum Gasteiger partial charge on any atom is 0.230 e. The molecule has 0 unspecified atom stereocenters. The number of halogens is 2. The van der Waals surface area contributed by atoms with Crippen LogP contribution in [0.15, 0.2) is 54.6 Å². The van der Waals surface area contributed by atoms with Gasteiger partial charge in [0.1, 0.15) is 11.0 Å². The van der Waals surface area contributed by atoms with Gasteiger partial charge in [0.2, 0.25) is 5.95 Å². The number of aromatic nitrogens is 2. The molecule has 0 aliphatic carbocycles. The molecule has 7 heteroatoms. The van der Waals surface area contributed by atoms with E-state index in [-0.39, 0.29) is 16.9 Å². The van der Waals surface area contributed by atoms with Crippen LogP contribution in [-0.4, -0.2) is 9.97 Å². The minimum Gasteiger partial charge on any atom is -0.324 e. The molecule has 2 aromatic carbocycles. The molecule has 0 aliphatic heterocycles. The summed E-state index contributed by atoms with van der Waals surface area (Å²) in [5.74, 6) is 5.89. The second kappa shape index (κ2) is 6.60. The fourth-order valence-electron chi connectivity index (χ4n) is 2.12. The van der Waals surface area contributed by atoms with Gasteiger partial charge in [-0.05, 0) is 29.8 Å². The second-order valence-corrected chi connectivity index (χ2v) is 5.06. The first kappa shape index (κ1) is 15.2. The van der Waals surface area contributed by atoms with E-state index in [0.717, 1.165) is 5.56 Å². The molecule has 0 bridgehead atoms. The third-order valence-corrected chi connectivity index (χ3v) is 3.44. The van der Waals surface area contributed by atoms with Crippen molar-refractivity contribution in [3.8, 4) is 11.1 Å². The van der Waals surface area contributed by atoms with Crippen molar-refractivity contribution in [3.05, 3.63) is 65.6 Å². The van der Waals surface area contributed by atoms with Gasteiger partial charge in [-0.1, -0.05) is 41.9 Å². The van der Waals surface area contributed by atoms with Crippen LogP contribution >= 0.6 is 11.6 Å². The Morgan fingerprint density at radius 1 is 0.957 bits per heavy atom. The van der Waals surface area contributed by atoms with Crippen molar-refractivity contribution in [2.45, 2.75) is 0 Å². The fourth-order valence-corrected chi connectivity index (χ4v) is 2.40. The number of nitrogens with zero attached hydrogens (tertiary/aromatic N) is 2. The van der Waals surface area contributed by atoms with Crippen molar-refractivity contribution in [2.75, 3.05) is 10.7 Å². The van der Waals surface area contributed by atoms with Gasteiger partial charge >= 0.3 is 0 Å². The van der Waals surface area contributed by atoms with Gasteiger partial charge in [-0.25, -0.2) is 15.2 Å². The second-order valence-electron chi connectivity index (χ2n) is 4.70. The zero-order chi connectivity index (χ0) is 16.2. The molecule has 0 fully saturated rings. The number of hydrazine groups is 1. The standard InChI is InChI=1S/C16H13ClFN5/c17-14-13(10-4-2-1-3-5-10)15(23-19)22-16(21-14)20-12-8-6-11(18)7-9-12/h1-9H,19H2,(H2,20,21,22,23). The molecule has 4 N–H and O–H groups in total. The maximum absolute atomic E-state index is 12.9. The highest BCUT2D eigenvalue weighted by Crippen LogP contribution is 2.33. The van der Waals surface area contributed by atoms with E-state index in [2.05, 4.69) is 20.7 Å². The molecule has 5 nitrogen and oxygen atoms in total. The number of rotatable bonds is 4. The Kier molecular flexibility index (Phi) is 4.36. The third kappa shape index (κ3) is 3.39. The van der Waals surface area contributed by atoms with Gasteiger partial charge in [-0.2, -0.15) is 4.98 Å². The minimum absolute atomic E-state index is 0.253. The van der Waals surface area contributed by atoms with Crippen LogP contribution in [0.5, 0.6) is 0 Å². The van der Waals surface area contributed by atoms with Crippen LogP contribution in [0.25, 0.3) is 11.1 Å². The van der Waals surface area contributed by atoms with Crippen LogP contribution < -0.4 is 16.6 Å². The summed E-state index contributed by atoms with van der Waals surface area (Å²) < 4.78 is 12.9. The van der Waals surface area contributed by atoms with Crippen LogP contribution in [0.3, 0.4) is 0 Å². The van der Waals surface area contributed by atoms with Crippen molar-refractivity contribution in [2.24, 2.45) is 5.84 Å². The number of anilines is 3. The van der Waals surface area contributed by atoms with Gasteiger partial charge in [-0.3, -0.25) is 0 Å². The Balaban J connectivity index is 1.98. The van der Waals surface area contributed by atoms with Crippen LogP contribution in [0.4, 0.5) is 21.8 Å². The number of nitrogens with two attached hydrogens (primary N) is 1. The molecular weight excluding hydrogens is 317 g/mol. The average molecular weight is 330 g/mol. The highest BCUT2D eigenvalue weighted by Gasteiger charge is 2.14. The van der Waals surface area contributed by atoms with Crippen LogP contribution in [0.2, 0.25) is 5.15 Å². The summed E-state index contributed by atoms with van der Waals surface area (Å²) >= 11 is 6.29. The molecule has 23 heavy (non-hydrogen) atoms. The molecule has 0 atom stereocenters. The molecule has 0 saturated carbocycles. The molecule has 0 saturated heterocycles. The quantitative estimate of drug-likeness (QED) is 0.383. The molecule has 3 aromatic rings. The maximum atomic E-state index is 12.9. The summed E-state index contributed by atoms with van der Waals surface area (Å²) in [6, 6.07) is 15.3. The Bertz CT molecular complexity index is 809. The highest BCUT2D eigenvalue weighted by atomic mass is 35.5. The molecule has 1 aromatic heterocycles. The van der Waals surface area contributed by atoms with Crippen molar-refractivity contribution < 1.29 is 4.39 Å².